The molecule has 1 amide bonds. The molecule has 3 aromatic rings. The molecule has 0 bridgehead atoms. The molecule has 2 N–H and O–H groups in total. The summed E-state index contributed by atoms with van der Waals surface area (Å²) in [6, 6.07) is 14.5. The minimum atomic E-state index is -0.303. The van der Waals surface area contributed by atoms with Crippen LogP contribution in [0.3, 0.4) is 0 Å². The lowest BCUT2D eigenvalue weighted by molar-refractivity contribution is -0.120. The van der Waals surface area contributed by atoms with Crippen molar-refractivity contribution < 1.29 is 9.18 Å². The third-order valence-electron chi connectivity index (χ3n) is 6.08. The minimum absolute atomic E-state index is 0.0689. The zero-order chi connectivity index (χ0) is 20.2. The number of nitrogens with one attached hydrogen (secondary N) is 2. The fourth-order valence-corrected chi connectivity index (χ4v) is 5.08. The second-order valence-corrected chi connectivity index (χ2v) is 8.68. The van der Waals surface area contributed by atoms with E-state index in [2.05, 4.69) is 10.3 Å². The van der Waals surface area contributed by atoms with Crippen LogP contribution in [0.25, 0.3) is 0 Å². The molecule has 4 nitrogen and oxygen atoms in total. The summed E-state index contributed by atoms with van der Waals surface area (Å²) in [4.78, 5) is 15.7. The Bertz CT molecular complexity index is 1170. The molecule has 2 atom stereocenters. The van der Waals surface area contributed by atoms with Gasteiger partial charge < -0.3 is 14.9 Å². The van der Waals surface area contributed by atoms with Gasteiger partial charge in [0, 0.05) is 40.8 Å². The highest BCUT2D eigenvalue weighted by molar-refractivity contribution is 7.71. The number of aromatic nitrogens is 2. The lowest BCUT2D eigenvalue weighted by Crippen LogP contribution is -2.25. The maximum absolute atomic E-state index is 14.5. The minimum Gasteiger partial charge on any atom is -0.352 e. The van der Waals surface area contributed by atoms with Crippen LogP contribution in [0.5, 0.6) is 0 Å². The summed E-state index contributed by atoms with van der Waals surface area (Å²) in [5, 5.41) is 3.49. The molecule has 0 spiro atoms. The molecule has 0 unspecified atom stereocenters. The highest BCUT2D eigenvalue weighted by Crippen LogP contribution is 2.66. The predicted octanol–water partition coefficient (Wildman–Crippen LogP) is 4.64. The van der Waals surface area contributed by atoms with E-state index in [0.29, 0.717) is 28.4 Å². The molecular weight excluding hydrogens is 409 g/mol. The van der Waals surface area contributed by atoms with E-state index in [1.54, 1.807) is 12.1 Å². The van der Waals surface area contributed by atoms with E-state index >= 15 is 0 Å². The number of hydrogen-bond donors (Lipinski definition) is 2. The van der Waals surface area contributed by atoms with E-state index in [1.165, 1.54) is 6.07 Å². The molecule has 1 aromatic heterocycles. The summed E-state index contributed by atoms with van der Waals surface area (Å²) in [5.41, 5.74) is 3.25. The fraction of sp³-hybridized carbons (Fsp3) is 0.273. The first-order chi connectivity index (χ1) is 14.0. The predicted molar refractivity (Wildman–Crippen MR) is 112 cm³/mol. The number of hydrogen-bond acceptors (Lipinski definition) is 2. The maximum Gasteiger partial charge on any atom is 0.226 e. The molecule has 1 aliphatic heterocycles. The van der Waals surface area contributed by atoms with Crippen molar-refractivity contribution in [2.24, 2.45) is 0 Å². The molecule has 2 aliphatic rings. The Labute approximate surface area is 177 Å². The number of nitrogens with zero attached hydrogens (tertiary/aromatic N) is 1. The van der Waals surface area contributed by atoms with Gasteiger partial charge in [0.25, 0.3) is 0 Å². The molecule has 2 heterocycles. The van der Waals surface area contributed by atoms with Crippen LogP contribution in [0.2, 0.25) is 5.02 Å². The Balaban J connectivity index is 1.36. The van der Waals surface area contributed by atoms with Gasteiger partial charge in [0.05, 0.1) is 6.42 Å². The standard InChI is InChI=1S/C22H19ClFN3OS/c23-14-6-7-17(24)15(8-14)22-10-16(22)20-18(26-21(29)27(20)12-22)9-19(28)25-11-13-4-2-1-3-5-13/h1-8,16H,9-12H2,(H,25,28)(H,26,29)/t16-,22+/m0/s1. The SMILES string of the molecule is O=C(Cc1[nH]c(=S)n2c1[C@@H]1C[C@]1(c1cc(Cl)ccc1F)C2)NCc1ccccc1. The van der Waals surface area contributed by atoms with Crippen molar-refractivity contribution >= 4 is 29.7 Å². The second kappa shape index (κ2) is 6.82. The van der Waals surface area contributed by atoms with E-state index in [1.807, 2.05) is 34.9 Å². The zero-order valence-corrected chi connectivity index (χ0v) is 17.1. The van der Waals surface area contributed by atoms with Crippen LogP contribution < -0.4 is 5.32 Å². The number of fused-ring (bicyclic) bond motifs is 3. The summed E-state index contributed by atoms with van der Waals surface area (Å²) >= 11 is 11.6. The van der Waals surface area contributed by atoms with Gasteiger partial charge in [0.15, 0.2) is 4.77 Å². The van der Waals surface area contributed by atoms with Gasteiger partial charge in [-0.15, -0.1) is 0 Å². The lowest BCUT2D eigenvalue weighted by Gasteiger charge is -2.14. The number of imidazole rings is 1. The Hall–Kier alpha value is -2.44. The highest BCUT2D eigenvalue weighted by atomic mass is 35.5. The number of halogens is 2. The number of amides is 1. The van der Waals surface area contributed by atoms with Gasteiger partial charge in [-0.1, -0.05) is 41.9 Å². The van der Waals surface area contributed by atoms with Gasteiger partial charge >= 0.3 is 0 Å². The highest BCUT2D eigenvalue weighted by Gasteiger charge is 2.63. The molecule has 29 heavy (non-hydrogen) atoms. The van der Waals surface area contributed by atoms with E-state index < -0.39 is 0 Å². The van der Waals surface area contributed by atoms with E-state index in [0.717, 1.165) is 23.4 Å². The summed E-state index contributed by atoms with van der Waals surface area (Å²) in [5.74, 6) is -0.152. The average molecular weight is 428 g/mol. The van der Waals surface area contributed by atoms with E-state index in [4.69, 9.17) is 23.8 Å². The molecule has 7 heteroatoms. The van der Waals surface area contributed by atoms with Crippen LogP contribution in [-0.4, -0.2) is 15.5 Å². The van der Waals surface area contributed by atoms with Gasteiger partial charge in [-0.25, -0.2) is 4.39 Å². The third kappa shape index (κ3) is 3.11. The quantitative estimate of drug-likeness (QED) is 0.583. The second-order valence-electron chi connectivity index (χ2n) is 7.86. The Morgan fingerprint density at radius 1 is 1.31 bits per heavy atom. The normalized spacial score (nSPS) is 21.5. The van der Waals surface area contributed by atoms with E-state index in [9.17, 15) is 9.18 Å². The Morgan fingerprint density at radius 3 is 2.90 bits per heavy atom. The topological polar surface area (TPSA) is 49.8 Å². The molecule has 1 fully saturated rings. The molecule has 148 valence electrons. The van der Waals surface area contributed by atoms with Crippen LogP contribution in [0.15, 0.2) is 48.5 Å². The molecule has 2 aromatic carbocycles. The number of benzene rings is 2. The first-order valence-corrected chi connectivity index (χ1v) is 10.3. The smallest absolute Gasteiger partial charge is 0.226 e. The number of H-pyrrole nitrogens is 1. The first kappa shape index (κ1) is 18.6. The molecule has 1 aliphatic carbocycles. The monoisotopic (exact) mass is 427 g/mol. The van der Waals surface area contributed by atoms with Crippen LogP contribution in [-0.2, 0) is 29.7 Å². The Morgan fingerprint density at radius 2 is 2.10 bits per heavy atom. The average Bonchev–Trinajstić information content (AvgIpc) is 3.21. The number of carbonyl (C=O) groups excluding carboxylic acids is 1. The summed E-state index contributed by atoms with van der Waals surface area (Å²) in [6.07, 6.45) is 1.07. The van der Waals surface area contributed by atoms with Crippen molar-refractivity contribution in [3.8, 4) is 0 Å². The van der Waals surface area contributed by atoms with Gasteiger partial charge in [0.2, 0.25) is 5.91 Å². The van der Waals surface area contributed by atoms with Crippen molar-refractivity contribution in [3.05, 3.63) is 86.7 Å². The van der Waals surface area contributed by atoms with Gasteiger partial charge in [-0.2, -0.15) is 0 Å². The van der Waals surface area contributed by atoms with Crippen LogP contribution in [0, 0.1) is 10.6 Å². The summed E-state index contributed by atoms with van der Waals surface area (Å²) in [7, 11) is 0. The van der Waals surface area contributed by atoms with Gasteiger partial charge in [-0.05, 0) is 48.0 Å². The van der Waals surface area contributed by atoms with Crippen LogP contribution in [0.4, 0.5) is 4.39 Å². The summed E-state index contributed by atoms with van der Waals surface area (Å²) in [6.45, 7) is 1.10. The van der Waals surface area contributed by atoms with E-state index in [-0.39, 0.29) is 29.5 Å². The number of aromatic amines is 1. The van der Waals surface area contributed by atoms with Gasteiger partial charge in [0.1, 0.15) is 5.82 Å². The molecule has 0 saturated heterocycles. The van der Waals surface area contributed by atoms with Crippen molar-refractivity contribution in [2.45, 2.75) is 37.3 Å². The third-order valence-corrected chi connectivity index (χ3v) is 6.64. The molecular formula is C22H19ClFN3OS. The summed E-state index contributed by atoms with van der Waals surface area (Å²) < 4.78 is 17.1. The van der Waals surface area contributed by atoms with Crippen LogP contribution in [0.1, 0.15) is 34.9 Å². The Kier molecular flexibility index (Phi) is 4.37. The number of carbonyl (C=O) groups is 1. The molecule has 0 radical (unpaired) electrons. The van der Waals surface area contributed by atoms with Crippen molar-refractivity contribution in [3.63, 3.8) is 0 Å². The van der Waals surface area contributed by atoms with Crippen molar-refractivity contribution in [1.82, 2.24) is 14.9 Å². The first-order valence-electron chi connectivity index (χ1n) is 9.56. The largest absolute Gasteiger partial charge is 0.352 e. The zero-order valence-electron chi connectivity index (χ0n) is 15.5. The fourth-order valence-electron chi connectivity index (χ4n) is 4.63. The maximum atomic E-state index is 14.5. The number of rotatable bonds is 5. The van der Waals surface area contributed by atoms with Crippen LogP contribution >= 0.6 is 23.8 Å². The molecule has 5 rings (SSSR count). The molecule has 1 saturated carbocycles. The van der Waals surface area contributed by atoms with Gasteiger partial charge in [-0.3, -0.25) is 4.79 Å². The lowest BCUT2D eigenvalue weighted by atomic mass is 9.93. The van der Waals surface area contributed by atoms with Crippen molar-refractivity contribution in [2.75, 3.05) is 0 Å². The van der Waals surface area contributed by atoms with Crippen molar-refractivity contribution in [1.29, 1.82) is 0 Å².